The van der Waals surface area contributed by atoms with E-state index in [0.717, 1.165) is 46.1 Å². The molecular weight excluding hydrogens is 528 g/mol. The molecule has 0 fully saturated rings. The second kappa shape index (κ2) is 62.9. The Kier molecular flexibility index (Phi) is 78.7. The van der Waals surface area contributed by atoms with Crippen molar-refractivity contribution in [2.45, 2.75) is 207 Å². The third kappa shape index (κ3) is 77.1. The molecule has 0 amide bonds. The van der Waals surface area contributed by atoms with Crippen LogP contribution in [0.1, 0.15) is 207 Å². The predicted molar refractivity (Wildman–Crippen MR) is 178 cm³/mol. The molecular formula is C36H78O3Ti. The molecule has 0 saturated heterocycles. The van der Waals surface area contributed by atoms with Gasteiger partial charge in [0.15, 0.2) is 0 Å². The molecule has 0 heterocycles. The molecule has 4 heteroatoms. The van der Waals surface area contributed by atoms with Crippen molar-refractivity contribution in [3.8, 4) is 0 Å². The van der Waals surface area contributed by atoms with Crippen molar-refractivity contribution in [3.05, 3.63) is 13.8 Å². The summed E-state index contributed by atoms with van der Waals surface area (Å²) in [5, 5.41) is 16.9. The van der Waals surface area contributed by atoms with Gasteiger partial charge in [-0.1, -0.05) is 182 Å². The minimum atomic E-state index is 0.369. The van der Waals surface area contributed by atoms with Crippen molar-refractivity contribution in [2.75, 3.05) is 13.2 Å². The number of hydrogen-bond donors (Lipinski definition) is 2. The van der Waals surface area contributed by atoms with Gasteiger partial charge in [-0.05, 0) is 12.8 Å². The average molecular weight is 607 g/mol. The summed E-state index contributed by atoms with van der Waals surface area (Å²) >= 11 is 0.750. The summed E-state index contributed by atoms with van der Waals surface area (Å²) < 4.78 is 8.25. The first kappa shape index (κ1) is 50.1. The predicted octanol–water partition coefficient (Wildman–Crippen LogP) is 12.5. The Hall–Kier alpha value is 0.434. The van der Waals surface area contributed by atoms with Gasteiger partial charge >= 0.3 is 23.7 Å². The number of hydrogen-bond acceptors (Lipinski definition) is 3. The van der Waals surface area contributed by atoms with E-state index in [1.54, 1.807) is 0 Å². The molecule has 3 nitrogen and oxygen atoms in total. The Morgan fingerprint density at radius 2 is 0.525 bits per heavy atom. The second-order valence-corrected chi connectivity index (χ2v) is 10.9. The summed E-state index contributed by atoms with van der Waals surface area (Å²) in [4.78, 5) is 0. The molecule has 0 aromatic heterocycles. The fourth-order valence-electron chi connectivity index (χ4n) is 4.05. The molecule has 40 heavy (non-hydrogen) atoms. The Morgan fingerprint density at radius 1 is 0.350 bits per heavy atom. The molecule has 0 unspecified atom stereocenters. The molecule has 0 aliphatic carbocycles. The zero-order valence-corrected chi connectivity index (χ0v) is 30.0. The van der Waals surface area contributed by atoms with Crippen LogP contribution in [0.5, 0.6) is 0 Å². The van der Waals surface area contributed by atoms with Gasteiger partial charge in [0.05, 0.1) is 0 Å². The Bertz CT molecular complexity index is 271. The van der Waals surface area contributed by atoms with Gasteiger partial charge in [0.2, 0.25) is 0 Å². The van der Waals surface area contributed by atoms with Crippen LogP contribution in [0.4, 0.5) is 0 Å². The van der Waals surface area contributed by atoms with Gasteiger partial charge < -0.3 is 24.1 Å². The fraction of sp³-hybridized carbons (Fsp3) is 0.944. The van der Waals surface area contributed by atoms with Crippen molar-refractivity contribution in [3.63, 3.8) is 0 Å². The number of aliphatic hydroxyl groups excluding tert-OH is 2. The summed E-state index contributed by atoms with van der Waals surface area (Å²) in [5.41, 5.74) is 0. The molecule has 244 valence electrons. The maximum absolute atomic E-state index is 8.47. The van der Waals surface area contributed by atoms with E-state index in [4.69, 9.17) is 13.5 Å². The minimum absolute atomic E-state index is 0.369. The Balaban J connectivity index is -0.000000133. The van der Waals surface area contributed by atoms with Crippen LogP contribution in [0.15, 0.2) is 0 Å². The first-order valence-corrected chi connectivity index (χ1v) is 18.3. The first-order chi connectivity index (χ1) is 19.7. The van der Waals surface area contributed by atoms with Gasteiger partial charge in [-0.3, -0.25) is 0 Å². The van der Waals surface area contributed by atoms with Crippen LogP contribution in [-0.2, 0) is 23.7 Å². The fourth-order valence-corrected chi connectivity index (χ4v) is 4.05. The second-order valence-electron chi connectivity index (χ2n) is 10.9. The zero-order chi connectivity index (χ0) is 31.2. The number of rotatable bonds is 26. The summed E-state index contributed by atoms with van der Waals surface area (Å²) in [7, 11) is 0. The van der Waals surface area contributed by atoms with Gasteiger partial charge in [-0.2, -0.15) is 12.8 Å². The van der Waals surface area contributed by atoms with E-state index in [0.29, 0.717) is 13.2 Å². The van der Waals surface area contributed by atoms with Crippen molar-refractivity contribution in [1.29, 1.82) is 0 Å². The molecule has 0 radical (unpaired) electrons. The van der Waals surface area contributed by atoms with Crippen LogP contribution in [0.2, 0.25) is 0 Å². The number of unbranched alkanes of at least 4 members (excludes halogenated alkanes) is 24. The average Bonchev–Trinajstić information content (AvgIpc) is 2.99. The monoisotopic (exact) mass is 607 g/mol. The molecule has 0 bridgehead atoms. The van der Waals surface area contributed by atoms with E-state index in [1.165, 1.54) is 154 Å². The normalized spacial score (nSPS) is 9.75. The maximum atomic E-state index is 8.47. The topological polar surface area (TPSA) is 57.5 Å². The van der Waals surface area contributed by atoms with Crippen LogP contribution < -0.4 is 0 Å². The van der Waals surface area contributed by atoms with Crippen LogP contribution in [0, 0.1) is 13.8 Å². The standard InChI is InChI=1S/2C9H20O.2C9H19.O.Ti/c2*1-2-3-4-5-6-7-8-9-10;2*1-3-5-7-9-8-6-4-2;;/h2*10H,2-9H2,1H3;2*1,3-9H2,2H3;;/q;;2*-1;;+2. The molecule has 0 aromatic carbocycles. The van der Waals surface area contributed by atoms with Crippen LogP contribution in [0.3, 0.4) is 0 Å². The van der Waals surface area contributed by atoms with Crippen LogP contribution in [-0.4, -0.2) is 23.4 Å². The summed E-state index contributed by atoms with van der Waals surface area (Å²) in [6.07, 6.45) is 36.8. The number of aliphatic hydroxyl groups is 2. The molecule has 0 spiro atoms. The van der Waals surface area contributed by atoms with Crippen LogP contribution >= 0.6 is 0 Å². The quantitative estimate of drug-likeness (QED) is 0.0585. The summed E-state index contributed by atoms with van der Waals surface area (Å²) in [5.74, 6) is 0. The van der Waals surface area contributed by atoms with E-state index in [-0.39, 0.29) is 0 Å². The third-order valence-electron chi connectivity index (χ3n) is 6.73. The first-order valence-electron chi connectivity index (χ1n) is 17.7. The van der Waals surface area contributed by atoms with Gasteiger partial charge in [0.1, 0.15) is 0 Å². The van der Waals surface area contributed by atoms with E-state index in [2.05, 4.69) is 41.5 Å². The molecule has 0 atom stereocenters. The molecule has 0 aliphatic heterocycles. The molecule has 0 aromatic rings. The molecule has 2 N–H and O–H groups in total. The summed E-state index contributed by atoms with van der Waals surface area (Å²) in [6, 6.07) is 0. The van der Waals surface area contributed by atoms with E-state index >= 15 is 0 Å². The van der Waals surface area contributed by atoms with Crippen molar-refractivity contribution >= 4 is 0 Å². The van der Waals surface area contributed by atoms with Gasteiger partial charge in [0.25, 0.3) is 0 Å². The van der Waals surface area contributed by atoms with Gasteiger partial charge in [-0.25, -0.2) is 0 Å². The Morgan fingerprint density at radius 3 is 0.700 bits per heavy atom. The van der Waals surface area contributed by atoms with E-state index < -0.39 is 0 Å². The Labute approximate surface area is 267 Å². The van der Waals surface area contributed by atoms with Crippen molar-refractivity contribution < 1.29 is 33.9 Å². The third-order valence-corrected chi connectivity index (χ3v) is 6.73. The van der Waals surface area contributed by atoms with E-state index in [1.807, 2.05) is 0 Å². The van der Waals surface area contributed by atoms with Gasteiger partial charge in [0, 0.05) is 13.2 Å². The van der Waals surface area contributed by atoms with Crippen LogP contribution in [0.25, 0.3) is 0 Å². The van der Waals surface area contributed by atoms with E-state index in [9.17, 15) is 0 Å². The molecule has 0 aliphatic rings. The van der Waals surface area contributed by atoms with Crippen molar-refractivity contribution in [1.82, 2.24) is 0 Å². The zero-order valence-electron chi connectivity index (χ0n) is 28.4. The summed E-state index contributed by atoms with van der Waals surface area (Å²) in [6.45, 7) is 17.3. The van der Waals surface area contributed by atoms with Gasteiger partial charge in [-0.15, -0.1) is 0 Å². The molecule has 0 rings (SSSR count). The van der Waals surface area contributed by atoms with Crippen molar-refractivity contribution in [2.24, 2.45) is 0 Å². The molecule has 0 saturated carbocycles. The SMILES string of the molecule is CCCCCCCCCO.CCCCCCCCCO.[CH2-]CCCCCCCC.[CH2-]CCCCCCCC.[O]=[Ti+2].